The van der Waals surface area contributed by atoms with Crippen LogP contribution < -0.4 is 45.1 Å². The summed E-state index contributed by atoms with van der Waals surface area (Å²) in [6.07, 6.45) is -13.2. The zero-order chi connectivity index (χ0) is 58.0. The average molecular weight is 1200 g/mol. The number of aryl methyl sites for hydroxylation is 2. The van der Waals surface area contributed by atoms with Gasteiger partial charge in [0.25, 0.3) is 22.2 Å². The van der Waals surface area contributed by atoms with Crippen LogP contribution in [0.1, 0.15) is 61.7 Å². The monoisotopic (exact) mass is 1200 g/mol. The number of rotatable bonds is 20. The highest BCUT2D eigenvalue weighted by Gasteiger charge is 2.48. The molecule has 13 N–H and O–H groups in total. The maximum atomic E-state index is 14.0. The Morgan fingerprint density at radius 2 is 0.914 bits per heavy atom. The van der Waals surface area contributed by atoms with Crippen LogP contribution in [-0.2, 0) is 59.8 Å². The number of nitrogens with one attached hydrogen (secondary N) is 4. The van der Waals surface area contributed by atoms with Gasteiger partial charge in [-0.15, -0.1) is 0 Å². The lowest BCUT2D eigenvalue weighted by molar-refractivity contribution is -0.0626. The predicted octanol–water partition coefficient (Wildman–Crippen LogP) is -2.86. The predicted molar refractivity (Wildman–Crippen MR) is 266 cm³/mol. The number of ether oxygens (including phenoxy) is 4. The van der Waals surface area contributed by atoms with Gasteiger partial charge in [-0.05, 0) is 13.8 Å². The molecular formula is C40H51N14O24P3. The van der Waals surface area contributed by atoms with Crippen LogP contribution in [0.2, 0.25) is 0 Å². The first-order chi connectivity index (χ1) is 38.2. The SMILES string of the molecule is Cc1cn([C@H]2C[C@H](OP(=O)(O)OC[C@H]3O[C@@H](n4cnc5c(=O)[nH]c(N)nc54)C[C@@H]3OP(=O)(O)OC[C@H]3O[C@@H](n4cnc5c(=O)[nH]c(N)nc54)C[C@@H]3OP(=O)(O)OC[C@H]3O[C@@H](n4cc(C)c(=O)[nH]c4=O)C[C@@H]3O)[C@@H](CO)O2)c(=O)[nH]c1=O. The van der Waals surface area contributed by atoms with Gasteiger partial charge in [-0.3, -0.25) is 84.5 Å². The number of nitrogen functional groups attached to an aromatic ring is 2. The van der Waals surface area contributed by atoms with Crippen molar-refractivity contribution in [2.45, 2.75) is 113 Å². The van der Waals surface area contributed by atoms with Gasteiger partial charge < -0.3 is 55.3 Å². The molecule has 81 heavy (non-hydrogen) atoms. The minimum absolute atomic E-state index is 0.110. The molecule has 15 atom stereocenters. The lowest BCUT2D eigenvalue weighted by Crippen LogP contribution is -2.33. The van der Waals surface area contributed by atoms with Gasteiger partial charge in [-0.1, -0.05) is 0 Å². The van der Waals surface area contributed by atoms with Crippen molar-refractivity contribution in [3.05, 3.63) is 98.6 Å². The lowest BCUT2D eigenvalue weighted by Gasteiger charge is -2.25. The van der Waals surface area contributed by atoms with Crippen LogP contribution in [0.15, 0.2) is 53.8 Å². The van der Waals surface area contributed by atoms with E-state index in [4.69, 9.17) is 57.6 Å². The fourth-order valence-electron chi connectivity index (χ4n) is 9.46. The van der Waals surface area contributed by atoms with E-state index >= 15 is 0 Å². The second kappa shape index (κ2) is 22.5. The van der Waals surface area contributed by atoms with Crippen LogP contribution >= 0.6 is 23.5 Å². The summed E-state index contributed by atoms with van der Waals surface area (Å²) in [5, 5.41) is 20.8. The van der Waals surface area contributed by atoms with E-state index in [-0.39, 0.29) is 58.2 Å². The molecule has 4 fully saturated rings. The Balaban J connectivity index is 0.851. The third-order valence-electron chi connectivity index (χ3n) is 13.4. The number of aliphatic hydroxyl groups is 2. The Labute approximate surface area is 449 Å². The number of fused-ring (bicyclic) bond motifs is 2. The van der Waals surface area contributed by atoms with Gasteiger partial charge in [0.1, 0.15) is 67.6 Å². The maximum absolute atomic E-state index is 14.0. The number of nitrogens with zero attached hydrogens (tertiary/aromatic N) is 8. The van der Waals surface area contributed by atoms with Gasteiger partial charge in [0.05, 0.1) is 45.2 Å². The second-order valence-corrected chi connectivity index (χ2v) is 23.2. The van der Waals surface area contributed by atoms with Crippen LogP contribution in [0.5, 0.6) is 0 Å². The van der Waals surface area contributed by atoms with E-state index in [0.29, 0.717) is 0 Å². The van der Waals surface area contributed by atoms with Gasteiger partial charge in [0.15, 0.2) is 22.3 Å². The molecule has 10 rings (SSSR count). The minimum atomic E-state index is -5.42. The third-order valence-corrected chi connectivity index (χ3v) is 16.4. The van der Waals surface area contributed by atoms with Gasteiger partial charge in [0, 0.05) is 49.2 Å². The Morgan fingerprint density at radius 3 is 1.33 bits per heavy atom. The normalized spacial score (nSPS) is 29.1. The first-order valence-corrected chi connectivity index (χ1v) is 28.7. The number of aromatic nitrogens is 12. The molecule has 38 nitrogen and oxygen atoms in total. The van der Waals surface area contributed by atoms with Crippen molar-refractivity contribution >= 4 is 57.7 Å². The number of hydrogen-bond acceptors (Lipinski definition) is 27. The number of phosphoric acid groups is 3. The second-order valence-electron chi connectivity index (χ2n) is 18.9. The fourth-order valence-corrected chi connectivity index (χ4v) is 12.3. The van der Waals surface area contributed by atoms with E-state index in [1.54, 1.807) is 0 Å². The highest BCUT2D eigenvalue weighted by molar-refractivity contribution is 7.48. The molecule has 440 valence electrons. The molecule has 10 heterocycles. The van der Waals surface area contributed by atoms with Crippen molar-refractivity contribution in [1.82, 2.24) is 58.1 Å². The van der Waals surface area contributed by atoms with Crippen LogP contribution in [0.25, 0.3) is 22.3 Å². The van der Waals surface area contributed by atoms with Crippen molar-refractivity contribution in [1.29, 1.82) is 0 Å². The number of nitrogens with two attached hydrogens (primary N) is 2. The zero-order valence-electron chi connectivity index (χ0n) is 42.0. The summed E-state index contributed by atoms with van der Waals surface area (Å²) in [7, 11) is -15.9. The number of hydrogen-bond donors (Lipinski definition) is 11. The lowest BCUT2D eigenvalue weighted by atomic mass is 10.2. The molecule has 41 heteroatoms. The average Bonchev–Trinajstić information content (AvgIpc) is 4.28. The maximum Gasteiger partial charge on any atom is 0.472 e. The Hall–Kier alpha value is -6.25. The summed E-state index contributed by atoms with van der Waals surface area (Å²) in [6.45, 7) is -0.621. The van der Waals surface area contributed by atoms with E-state index in [0.717, 1.165) is 21.8 Å². The number of phosphoric ester groups is 3. The molecule has 0 amide bonds. The summed E-state index contributed by atoms with van der Waals surface area (Å²) in [4.78, 5) is 133. The summed E-state index contributed by atoms with van der Waals surface area (Å²) < 4.78 is 102. The largest absolute Gasteiger partial charge is 0.472 e. The minimum Gasteiger partial charge on any atom is -0.394 e. The highest BCUT2D eigenvalue weighted by Crippen LogP contribution is 2.54. The molecule has 0 aromatic carbocycles. The van der Waals surface area contributed by atoms with E-state index in [2.05, 4.69) is 39.9 Å². The topological polar surface area (TPSA) is 534 Å². The summed E-state index contributed by atoms with van der Waals surface area (Å²) in [5.74, 6) is -0.639. The van der Waals surface area contributed by atoms with E-state index in [9.17, 15) is 67.4 Å². The zero-order valence-corrected chi connectivity index (χ0v) is 44.6. The summed E-state index contributed by atoms with van der Waals surface area (Å²) >= 11 is 0. The first kappa shape index (κ1) is 58.0. The van der Waals surface area contributed by atoms with Crippen molar-refractivity contribution < 1.29 is 84.7 Å². The first-order valence-electron chi connectivity index (χ1n) is 24.2. The van der Waals surface area contributed by atoms with Gasteiger partial charge >= 0.3 is 34.8 Å². The van der Waals surface area contributed by atoms with Crippen molar-refractivity contribution in [3.63, 3.8) is 0 Å². The highest BCUT2D eigenvalue weighted by atomic mass is 31.2. The summed E-state index contributed by atoms with van der Waals surface area (Å²) in [6, 6.07) is 0. The number of aliphatic hydroxyl groups excluding tert-OH is 2. The van der Waals surface area contributed by atoms with Crippen molar-refractivity contribution in [2.24, 2.45) is 0 Å². The van der Waals surface area contributed by atoms with Crippen molar-refractivity contribution in [2.75, 3.05) is 37.9 Å². The number of aromatic amines is 4. The van der Waals surface area contributed by atoms with E-state index < -0.39 is 170 Å². The molecular weight excluding hydrogens is 1150 g/mol. The molecule has 0 spiro atoms. The van der Waals surface area contributed by atoms with Crippen LogP contribution in [0.4, 0.5) is 11.9 Å². The molecule has 0 bridgehead atoms. The smallest absolute Gasteiger partial charge is 0.394 e. The molecule has 0 saturated carbocycles. The molecule has 0 radical (unpaired) electrons. The third kappa shape index (κ3) is 12.4. The molecule has 3 unspecified atom stereocenters. The van der Waals surface area contributed by atoms with E-state index in [1.165, 1.54) is 35.4 Å². The molecule has 4 saturated heterocycles. The van der Waals surface area contributed by atoms with Crippen LogP contribution in [-0.4, -0.2) is 158 Å². The number of imidazole rings is 2. The van der Waals surface area contributed by atoms with Gasteiger partial charge in [0.2, 0.25) is 11.9 Å². The molecule has 6 aromatic heterocycles. The molecule has 4 aliphatic heterocycles. The number of H-pyrrole nitrogens is 4. The van der Waals surface area contributed by atoms with Crippen LogP contribution in [0, 0.1) is 13.8 Å². The van der Waals surface area contributed by atoms with Gasteiger partial charge in [-0.2, -0.15) is 9.97 Å². The van der Waals surface area contributed by atoms with Crippen LogP contribution in [0.3, 0.4) is 0 Å². The molecule has 6 aromatic rings. The Morgan fingerprint density at radius 1 is 0.556 bits per heavy atom. The summed E-state index contributed by atoms with van der Waals surface area (Å²) in [5.41, 5.74) is 6.76. The van der Waals surface area contributed by atoms with Crippen molar-refractivity contribution in [3.8, 4) is 0 Å². The molecule has 4 aliphatic rings. The standard InChI is InChI=1S/C40H51N14O24P3/c1-15-7-51(39(61)49-33(15)57)25-3-17(56)22(73-25)10-69-79(63,64)77-19-5-27(53-13-43-29-31(53)45-37(41)47-35(29)59)75-24(19)12-71-81(67,68)78-20-6-28(54-14-44-30-32(54)46-38(42)48-36(30)60)74-23(20)11-70-80(65,66)76-18-4-26(72-21(18)9-55)52-8-16(2)34(58)50-40(52)62/h7-8,13-14,17-28,55-56H,3-6,9-12H2,1-2H3,(H,63,64)(H,65,66)(H,67,68)(H,49,57,61)(H,50,58,62)(H3,41,45,47,59)(H3,42,46,48,60)/t17-,18-,19-,20-,21+,22+,23+,24+,25+,26+,27+,28+/m0/s1. The fraction of sp³-hybridized carbons (Fsp3) is 0.550. The quantitative estimate of drug-likeness (QED) is 0.0343. The Kier molecular flexibility index (Phi) is 16.1. The Bertz CT molecular complexity index is 3900. The number of anilines is 2. The van der Waals surface area contributed by atoms with E-state index in [1.807, 2.05) is 0 Å². The molecule has 0 aliphatic carbocycles. The van der Waals surface area contributed by atoms with Gasteiger partial charge in [-0.25, -0.2) is 33.3 Å².